The van der Waals surface area contributed by atoms with Gasteiger partial charge in [-0.1, -0.05) is 6.07 Å². The van der Waals surface area contributed by atoms with E-state index in [4.69, 9.17) is 0 Å². The molecule has 0 amide bonds. The molecule has 2 rings (SSSR count). The van der Waals surface area contributed by atoms with Gasteiger partial charge in [0.05, 0.1) is 23.6 Å². The minimum absolute atomic E-state index is 0.778. The first-order chi connectivity index (χ1) is 8.47. The van der Waals surface area contributed by atoms with Crippen LogP contribution in [0, 0.1) is 20.8 Å². The van der Waals surface area contributed by atoms with Crippen LogP contribution in [-0.2, 0) is 13.6 Å². The van der Waals surface area contributed by atoms with E-state index in [2.05, 4.69) is 58.4 Å². The monoisotopic (exact) mass is 307 g/mol. The van der Waals surface area contributed by atoms with E-state index < -0.39 is 0 Å². The molecule has 0 atom stereocenters. The molecule has 0 fully saturated rings. The Hall–Kier alpha value is -1.29. The number of nitrogens with zero attached hydrogens (tertiary/aromatic N) is 2. The molecule has 2 aromatic rings. The van der Waals surface area contributed by atoms with Crippen molar-refractivity contribution in [1.82, 2.24) is 9.78 Å². The highest BCUT2D eigenvalue weighted by atomic mass is 79.9. The lowest BCUT2D eigenvalue weighted by Crippen LogP contribution is -2.07. The number of hydrogen-bond acceptors (Lipinski definition) is 2. The van der Waals surface area contributed by atoms with E-state index in [9.17, 15) is 0 Å². The maximum absolute atomic E-state index is 4.35. The zero-order valence-electron chi connectivity index (χ0n) is 11.2. The van der Waals surface area contributed by atoms with Gasteiger partial charge in [-0.25, -0.2) is 0 Å². The molecule has 0 bridgehead atoms. The first-order valence-corrected chi connectivity index (χ1v) is 6.77. The first kappa shape index (κ1) is 13.1. The molecule has 0 unspecified atom stereocenters. The van der Waals surface area contributed by atoms with Gasteiger partial charge in [-0.3, -0.25) is 4.68 Å². The van der Waals surface area contributed by atoms with Crippen LogP contribution in [-0.4, -0.2) is 9.78 Å². The molecule has 0 aliphatic rings. The second-order valence-corrected chi connectivity index (χ2v) is 5.55. The van der Waals surface area contributed by atoms with Gasteiger partial charge in [0.25, 0.3) is 0 Å². The predicted octanol–water partition coefficient (Wildman–Crippen LogP) is 3.72. The minimum Gasteiger partial charge on any atom is -0.378 e. The van der Waals surface area contributed by atoms with Gasteiger partial charge < -0.3 is 5.32 Å². The van der Waals surface area contributed by atoms with Crippen LogP contribution in [0.4, 0.5) is 5.69 Å². The summed E-state index contributed by atoms with van der Waals surface area (Å²) >= 11 is 3.61. The van der Waals surface area contributed by atoms with Crippen molar-refractivity contribution in [3.63, 3.8) is 0 Å². The van der Waals surface area contributed by atoms with Crippen molar-refractivity contribution >= 4 is 21.6 Å². The highest BCUT2D eigenvalue weighted by Crippen LogP contribution is 2.28. The van der Waals surface area contributed by atoms with Crippen molar-refractivity contribution in [2.24, 2.45) is 7.05 Å². The Morgan fingerprint density at radius 2 is 1.94 bits per heavy atom. The van der Waals surface area contributed by atoms with E-state index in [-0.39, 0.29) is 0 Å². The Morgan fingerprint density at radius 1 is 1.22 bits per heavy atom. The third-order valence-electron chi connectivity index (χ3n) is 2.98. The number of nitrogens with one attached hydrogen (secondary N) is 1. The number of rotatable bonds is 3. The highest BCUT2D eigenvalue weighted by Gasteiger charge is 2.06. The van der Waals surface area contributed by atoms with Crippen molar-refractivity contribution in [2.75, 3.05) is 5.32 Å². The van der Waals surface area contributed by atoms with Crippen LogP contribution in [0.5, 0.6) is 0 Å². The summed E-state index contributed by atoms with van der Waals surface area (Å²) in [6, 6.07) is 6.41. The molecule has 0 aliphatic heterocycles. The quantitative estimate of drug-likeness (QED) is 0.936. The van der Waals surface area contributed by atoms with Crippen LogP contribution in [0.15, 0.2) is 22.7 Å². The van der Waals surface area contributed by atoms with Crippen LogP contribution in [0.3, 0.4) is 0 Å². The molecule has 0 aliphatic carbocycles. The highest BCUT2D eigenvalue weighted by molar-refractivity contribution is 9.10. The Labute approximate surface area is 116 Å². The van der Waals surface area contributed by atoms with E-state index in [1.807, 2.05) is 18.7 Å². The summed E-state index contributed by atoms with van der Waals surface area (Å²) in [5.74, 6) is 0. The Kier molecular flexibility index (Phi) is 3.76. The summed E-state index contributed by atoms with van der Waals surface area (Å²) in [5, 5.41) is 7.82. The molecule has 0 saturated carbocycles. The van der Waals surface area contributed by atoms with Crippen LogP contribution < -0.4 is 5.32 Å². The van der Waals surface area contributed by atoms with Gasteiger partial charge in [0, 0.05) is 11.5 Å². The summed E-state index contributed by atoms with van der Waals surface area (Å²) in [7, 11) is 1.97. The number of aromatic nitrogens is 2. The van der Waals surface area contributed by atoms with Gasteiger partial charge in [-0.2, -0.15) is 5.10 Å². The Bertz CT molecular complexity index is 549. The van der Waals surface area contributed by atoms with Gasteiger partial charge in [-0.05, 0) is 60.0 Å². The molecular formula is C14H18BrN3. The number of benzene rings is 1. The van der Waals surface area contributed by atoms with Crippen molar-refractivity contribution in [3.8, 4) is 0 Å². The fourth-order valence-electron chi connectivity index (χ4n) is 2.15. The van der Waals surface area contributed by atoms with Gasteiger partial charge in [0.1, 0.15) is 0 Å². The van der Waals surface area contributed by atoms with Crippen molar-refractivity contribution in [2.45, 2.75) is 27.3 Å². The normalized spacial score (nSPS) is 10.7. The van der Waals surface area contributed by atoms with Gasteiger partial charge in [0.15, 0.2) is 0 Å². The standard InChI is InChI=1S/C14H18BrN3/c1-9-5-10(2)14(13(15)6-9)16-8-12-7-11(3)17-18(12)4/h5-7,16H,8H2,1-4H3. The average molecular weight is 308 g/mol. The maximum atomic E-state index is 4.35. The van der Waals surface area contributed by atoms with E-state index in [1.54, 1.807) is 0 Å². The van der Waals surface area contributed by atoms with Crippen LogP contribution in [0.1, 0.15) is 22.5 Å². The first-order valence-electron chi connectivity index (χ1n) is 5.97. The lowest BCUT2D eigenvalue weighted by Gasteiger charge is -2.12. The fraction of sp³-hybridized carbons (Fsp3) is 0.357. The van der Waals surface area contributed by atoms with Gasteiger partial charge in [-0.15, -0.1) is 0 Å². The lowest BCUT2D eigenvalue weighted by atomic mass is 10.1. The molecular weight excluding hydrogens is 290 g/mol. The smallest absolute Gasteiger partial charge is 0.0597 e. The molecule has 0 saturated heterocycles. The molecule has 1 heterocycles. The molecule has 1 aromatic carbocycles. The van der Waals surface area contributed by atoms with Crippen molar-refractivity contribution in [3.05, 3.63) is 45.2 Å². The second-order valence-electron chi connectivity index (χ2n) is 4.69. The summed E-state index contributed by atoms with van der Waals surface area (Å²) in [6.07, 6.45) is 0. The summed E-state index contributed by atoms with van der Waals surface area (Å²) in [6.45, 7) is 7.01. The molecule has 96 valence electrons. The van der Waals surface area contributed by atoms with Crippen molar-refractivity contribution in [1.29, 1.82) is 0 Å². The molecule has 18 heavy (non-hydrogen) atoms. The predicted molar refractivity (Wildman–Crippen MR) is 78.9 cm³/mol. The lowest BCUT2D eigenvalue weighted by molar-refractivity contribution is 0.713. The van der Waals surface area contributed by atoms with Crippen molar-refractivity contribution < 1.29 is 0 Å². The second kappa shape index (κ2) is 5.14. The molecule has 1 aromatic heterocycles. The average Bonchev–Trinajstić information content (AvgIpc) is 2.55. The van der Waals surface area contributed by atoms with E-state index in [0.717, 1.165) is 22.4 Å². The zero-order chi connectivity index (χ0) is 13.3. The minimum atomic E-state index is 0.778. The van der Waals surface area contributed by atoms with E-state index >= 15 is 0 Å². The largest absolute Gasteiger partial charge is 0.378 e. The number of halogens is 1. The zero-order valence-corrected chi connectivity index (χ0v) is 12.8. The number of hydrogen-bond donors (Lipinski definition) is 1. The molecule has 0 spiro atoms. The fourth-order valence-corrected chi connectivity index (χ4v) is 2.96. The maximum Gasteiger partial charge on any atom is 0.0597 e. The Balaban J connectivity index is 2.18. The van der Waals surface area contributed by atoms with Gasteiger partial charge >= 0.3 is 0 Å². The third kappa shape index (κ3) is 2.75. The van der Waals surface area contributed by atoms with E-state index in [1.165, 1.54) is 16.8 Å². The Morgan fingerprint density at radius 3 is 2.50 bits per heavy atom. The number of aryl methyl sites for hydroxylation is 4. The van der Waals surface area contributed by atoms with Crippen LogP contribution in [0.2, 0.25) is 0 Å². The van der Waals surface area contributed by atoms with Crippen LogP contribution >= 0.6 is 15.9 Å². The third-order valence-corrected chi connectivity index (χ3v) is 3.60. The number of anilines is 1. The molecule has 3 nitrogen and oxygen atoms in total. The summed E-state index contributed by atoms with van der Waals surface area (Å²) < 4.78 is 3.03. The molecule has 4 heteroatoms. The topological polar surface area (TPSA) is 29.9 Å². The summed E-state index contributed by atoms with van der Waals surface area (Å²) in [4.78, 5) is 0. The van der Waals surface area contributed by atoms with Gasteiger partial charge in [0.2, 0.25) is 0 Å². The van der Waals surface area contributed by atoms with E-state index in [0.29, 0.717) is 0 Å². The van der Waals surface area contributed by atoms with Crippen LogP contribution in [0.25, 0.3) is 0 Å². The summed E-state index contributed by atoms with van der Waals surface area (Å²) in [5.41, 5.74) is 5.90. The molecule has 0 radical (unpaired) electrons. The SMILES string of the molecule is Cc1cc(C)c(NCc2cc(C)nn2C)c(Br)c1. The molecule has 1 N–H and O–H groups in total.